The van der Waals surface area contributed by atoms with Crippen molar-refractivity contribution in [2.24, 2.45) is 10.2 Å². The fraction of sp³-hybridized carbons (Fsp3) is 0.348. The third kappa shape index (κ3) is 7.66. The molecule has 0 aromatic heterocycles. The molecule has 0 unspecified atom stereocenters. The van der Waals surface area contributed by atoms with Gasteiger partial charge in [-0.15, -0.1) is 5.06 Å². The van der Waals surface area contributed by atoms with E-state index in [9.17, 15) is 22.8 Å². The molecule has 1 heterocycles. The molecule has 1 aliphatic rings. The van der Waals surface area contributed by atoms with Crippen LogP contribution >= 0.6 is 0 Å². The molecular weight excluding hydrogens is 490 g/mol. The van der Waals surface area contributed by atoms with Gasteiger partial charge in [0.2, 0.25) is 10.0 Å². The Hall–Kier alpha value is -3.68. The first-order valence-corrected chi connectivity index (χ1v) is 12.6. The Bertz CT molecular complexity index is 1200. The normalized spacial score (nSPS) is 14.0. The van der Waals surface area contributed by atoms with Crippen molar-refractivity contribution in [3.8, 4) is 0 Å². The molecule has 12 nitrogen and oxygen atoms in total. The highest BCUT2D eigenvalue weighted by atomic mass is 32.2. The smallest absolute Gasteiger partial charge is 0.335 e. The van der Waals surface area contributed by atoms with Gasteiger partial charge in [0, 0.05) is 39.2 Å². The summed E-state index contributed by atoms with van der Waals surface area (Å²) in [6, 6.07) is 13.4. The van der Waals surface area contributed by atoms with E-state index in [-0.39, 0.29) is 43.9 Å². The molecule has 13 heteroatoms. The molecule has 0 radical (unpaired) electrons. The Balaban J connectivity index is 1.38. The number of hydrogen-bond acceptors (Lipinski definition) is 10. The maximum atomic E-state index is 12.4. The summed E-state index contributed by atoms with van der Waals surface area (Å²) in [6.45, 7) is -0.0772. The molecule has 0 bridgehead atoms. The molecule has 0 saturated carbocycles. The van der Waals surface area contributed by atoms with Crippen LogP contribution in [0.4, 0.5) is 17.1 Å². The largest absolute Gasteiger partial charge is 0.379 e. The third-order valence-corrected chi connectivity index (χ3v) is 6.46. The molecule has 0 aliphatic carbocycles. The number of carbonyl (C=O) groups excluding carboxylic acids is 3. The molecule has 36 heavy (non-hydrogen) atoms. The minimum Gasteiger partial charge on any atom is -0.379 e. The van der Waals surface area contributed by atoms with Crippen molar-refractivity contribution >= 4 is 44.9 Å². The SMILES string of the molecule is CN(C)c1ccc(/N=N/c2ccc(S(=O)(=O)NCCOCCC(=O)ON3C(=O)CCC3=O)cc2)cc1. The second-order valence-corrected chi connectivity index (χ2v) is 9.68. The number of amides is 2. The van der Waals surface area contributed by atoms with Gasteiger partial charge < -0.3 is 14.5 Å². The number of carbonyl (C=O) groups is 3. The van der Waals surface area contributed by atoms with Gasteiger partial charge in [0.15, 0.2) is 0 Å². The van der Waals surface area contributed by atoms with Crippen molar-refractivity contribution in [3.63, 3.8) is 0 Å². The van der Waals surface area contributed by atoms with Gasteiger partial charge in [-0.2, -0.15) is 10.2 Å². The Morgan fingerprint density at radius 1 is 0.944 bits per heavy atom. The van der Waals surface area contributed by atoms with Crippen LogP contribution in [0.5, 0.6) is 0 Å². The highest BCUT2D eigenvalue weighted by Gasteiger charge is 2.32. The fourth-order valence-electron chi connectivity index (χ4n) is 3.02. The molecule has 1 N–H and O–H groups in total. The van der Waals surface area contributed by atoms with Crippen LogP contribution < -0.4 is 9.62 Å². The quantitative estimate of drug-likeness (QED) is 0.257. The molecule has 1 fully saturated rings. The number of nitrogens with one attached hydrogen (secondary N) is 1. The van der Waals surface area contributed by atoms with Gasteiger partial charge in [0.25, 0.3) is 11.8 Å². The summed E-state index contributed by atoms with van der Waals surface area (Å²) in [4.78, 5) is 41.2. The first-order valence-electron chi connectivity index (χ1n) is 11.1. The molecule has 0 atom stereocenters. The minimum atomic E-state index is -3.77. The van der Waals surface area contributed by atoms with Gasteiger partial charge in [0.1, 0.15) is 0 Å². The third-order valence-electron chi connectivity index (χ3n) is 4.98. The predicted octanol–water partition coefficient (Wildman–Crippen LogP) is 2.46. The average Bonchev–Trinajstić information content (AvgIpc) is 3.17. The number of anilines is 1. The zero-order valence-corrected chi connectivity index (χ0v) is 20.7. The lowest BCUT2D eigenvalue weighted by atomic mass is 10.3. The molecule has 2 amide bonds. The van der Waals surface area contributed by atoms with Crippen molar-refractivity contribution in [1.82, 2.24) is 9.79 Å². The van der Waals surface area contributed by atoms with E-state index >= 15 is 0 Å². The molecule has 1 aliphatic heterocycles. The molecule has 0 spiro atoms. The number of rotatable bonds is 12. The fourth-order valence-corrected chi connectivity index (χ4v) is 4.03. The zero-order valence-electron chi connectivity index (χ0n) is 19.9. The molecule has 2 aromatic rings. The van der Waals surface area contributed by atoms with Gasteiger partial charge >= 0.3 is 5.97 Å². The Morgan fingerprint density at radius 3 is 2.06 bits per heavy atom. The highest BCUT2D eigenvalue weighted by molar-refractivity contribution is 7.89. The summed E-state index contributed by atoms with van der Waals surface area (Å²) in [6.07, 6.45) is -0.165. The van der Waals surface area contributed by atoms with E-state index < -0.39 is 27.8 Å². The van der Waals surface area contributed by atoms with Gasteiger partial charge in [-0.25, -0.2) is 17.9 Å². The lowest BCUT2D eigenvalue weighted by molar-refractivity contribution is -0.198. The summed E-state index contributed by atoms with van der Waals surface area (Å²) in [7, 11) is 0.118. The van der Waals surface area contributed by atoms with Crippen molar-refractivity contribution in [3.05, 3.63) is 48.5 Å². The summed E-state index contributed by atoms with van der Waals surface area (Å²) in [5.41, 5.74) is 2.21. The maximum absolute atomic E-state index is 12.4. The molecule has 1 saturated heterocycles. The van der Waals surface area contributed by atoms with Gasteiger partial charge in [-0.05, 0) is 48.5 Å². The Kier molecular flexibility index (Phi) is 9.22. The summed E-state index contributed by atoms with van der Waals surface area (Å²) in [5, 5.41) is 8.74. The van der Waals surface area contributed by atoms with Crippen molar-refractivity contribution in [2.75, 3.05) is 38.8 Å². The van der Waals surface area contributed by atoms with Crippen LogP contribution in [0.25, 0.3) is 0 Å². The van der Waals surface area contributed by atoms with Crippen LogP contribution in [-0.4, -0.2) is 65.1 Å². The average molecular weight is 518 g/mol. The second-order valence-electron chi connectivity index (χ2n) is 7.91. The van der Waals surface area contributed by atoms with E-state index in [4.69, 9.17) is 9.57 Å². The minimum absolute atomic E-state index is 0.00694. The maximum Gasteiger partial charge on any atom is 0.335 e. The van der Waals surface area contributed by atoms with Crippen LogP contribution in [0, 0.1) is 0 Å². The Morgan fingerprint density at radius 2 is 1.50 bits per heavy atom. The number of benzene rings is 2. The topological polar surface area (TPSA) is 147 Å². The van der Waals surface area contributed by atoms with E-state index in [0.29, 0.717) is 16.4 Å². The van der Waals surface area contributed by atoms with Crippen molar-refractivity contribution < 1.29 is 32.4 Å². The predicted molar refractivity (Wildman–Crippen MR) is 129 cm³/mol. The standard InChI is InChI=1S/C23H27N5O7S/c1-27(2)19-7-3-17(4-8-19)25-26-18-5-9-20(10-6-18)36(32,33)24-14-16-34-15-13-23(31)35-28-21(29)11-12-22(28)30/h3-10,24H,11-16H2,1-2H3/b26-25+. The number of imide groups is 1. The van der Waals surface area contributed by atoms with Crippen molar-refractivity contribution in [1.29, 1.82) is 0 Å². The first-order chi connectivity index (χ1) is 17.2. The van der Waals surface area contributed by atoms with E-state index in [1.54, 1.807) is 12.1 Å². The van der Waals surface area contributed by atoms with Crippen LogP contribution in [0.1, 0.15) is 19.3 Å². The van der Waals surface area contributed by atoms with E-state index in [1.807, 2.05) is 43.3 Å². The lowest BCUT2D eigenvalue weighted by Crippen LogP contribution is -2.32. The van der Waals surface area contributed by atoms with Crippen LogP contribution in [0.2, 0.25) is 0 Å². The van der Waals surface area contributed by atoms with Crippen LogP contribution in [-0.2, 0) is 34.0 Å². The van der Waals surface area contributed by atoms with Crippen molar-refractivity contribution in [2.45, 2.75) is 24.2 Å². The van der Waals surface area contributed by atoms with Gasteiger partial charge in [-0.1, -0.05) is 0 Å². The highest BCUT2D eigenvalue weighted by Crippen LogP contribution is 2.22. The summed E-state index contributed by atoms with van der Waals surface area (Å²) >= 11 is 0. The van der Waals surface area contributed by atoms with E-state index in [1.165, 1.54) is 12.1 Å². The number of hydroxylamine groups is 2. The zero-order chi connectivity index (χ0) is 26.1. The lowest BCUT2D eigenvalue weighted by Gasteiger charge is -2.12. The molecule has 3 rings (SSSR count). The number of hydrogen-bond donors (Lipinski definition) is 1. The van der Waals surface area contributed by atoms with Gasteiger partial charge in [-0.3, -0.25) is 9.59 Å². The molecule has 192 valence electrons. The van der Waals surface area contributed by atoms with E-state index in [2.05, 4.69) is 15.0 Å². The number of nitrogens with zero attached hydrogens (tertiary/aromatic N) is 4. The molecule has 2 aromatic carbocycles. The second kappa shape index (κ2) is 12.3. The number of ether oxygens (including phenoxy) is 1. The number of sulfonamides is 1. The number of azo groups is 1. The van der Waals surface area contributed by atoms with Crippen LogP contribution in [0.3, 0.4) is 0 Å². The first kappa shape index (κ1) is 26.9. The monoisotopic (exact) mass is 517 g/mol. The summed E-state index contributed by atoms with van der Waals surface area (Å²) in [5.74, 6) is -1.91. The van der Waals surface area contributed by atoms with Gasteiger partial charge in [0.05, 0.1) is 35.9 Å². The molecular formula is C23H27N5O7S. The van der Waals surface area contributed by atoms with E-state index in [0.717, 1.165) is 5.69 Å². The summed E-state index contributed by atoms with van der Waals surface area (Å²) < 4.78 is 32.5. The van der Waals surface area contributed by atoms with Crippen LogP contribution in [0.15, 0.2) is 63.7 Å². The Labute approximate surface area is 208 Å².